The average Bonchev–Trinajstić information content (AvgIpc) is 3.35. The first-order valence-electron chi connectivity index (χ1n) is 16.0. The number of rotatable bonds is 7. The lowest BCUT2D eigenvalue weighted by Crippen LogP contribution is -2.52. The van der Waals surface area contributed by atoms with E-state index >= 15 is 0 Å². The first-order chi connectivity index (χ1) is 21.9. The normalized spacial score (nSPS) is 19.2. The van der Waals surface area contributed by atoms with Gasteiger partial charge in [0.25, 0.3) is 5.91 Å². The Labute approximate surface area is 270 Å². The van der Waals surface area contributed by atoms with Gasteiger partial charge in [-0.05, 0) is 94.2 Å². The van der Waals surface area contributed by atoms with Crippen LogP contribution in [0, 0.1) is 17.8 Å². The topological polar surface area (TPSA) is 139 Å². The maximum atomic E-state index is 13.1. The van der Waals surface area contributed by atoms with E-state index in [-0.39, 0.29) is 30.1 Å². The van der Waals surface area contributed by atoms with Gasteiger partial charge in [-0.2, -0.15) is 0 Å². The highest BCUT2D eigenvalue weighted by Gasteiger charge is 2.39. The van der Waals surface area contributed by atoms with Gasteiger partial charge in [0.05, 0.1) is 11.6 Å². The lowest BCUT2D eigenvalue weighted by molar-refractivity contribution is -0.137. The van der Waals surface area contributed by atoms with Gasteiger partial charge in [-0.3, -0.25) is 24.5 Å². The van der Waals surface area contributed by atoms with Crippen molar-refractivity contribution in [2.45, 2.75) is 89.9 Å². The Morgan fingerprint density at radius 1 is 1.04 bits per heavy atom. The van der Waals surface area contributed by atoms with Gasteiger partial charge >= 0.3 is 5.97 Å². The van der Waals surface area contributed by atoms with Crippen LogP contribution in [0.5, 0.6) is 0 Å². The summed E-state index contributed by atoms with van der Waals surface area (Å²) in [6.45, 7) is 7.09. The number of carbonyl (C=O) groups is 5. The number of amides is 4. The Kier molecular flexibility index (Phi) is 9.92. The summed E-state index contributed by atoms with van der Waals surface area (Å²) >= 11 is 0. The van der Waals surface area contributed by atoms with E-state index in [1.165, 1.54) is 0 Å². The van der Waals surface area contributed by atoms with Crippen LogP contribution in [0.2, 0.25) is 0 Å². The molecule has 4 amide bonds. The van der Waals surface area contributed by atoms with Gasteiger partial charge in [-0.25, -0.2) is 4.79 Å². The van der Waals surface area contributed by atoms with E-state index in [1.807, 2.05) is 49.9 Å². The van der Waals surface area contributed by atoms with Gasteiger partial charge in [0.2, 0.25) is 17.7 Å². The minimum atomic E-state index is -0.653. The molecule has 3 aliphatic rings. The summed E-state index contributed by atoms with van der Waals surface area (Å²) in [4.78, 5) is 65.7. The van der Waals surface area contributed by atoms with Crippen molar-refractivity contribution in [3.63, 3.8) is 0 Å². The largest absolute Gasteiger partial charge is 0.456 e. The molecule has 0 aliphatic carbocycles. The zero-order chi connectivity index (χ0) is 33.0. The number of imide groups is 1. The summed E-state index contributed by atoms with van der Waals surface area (Å²) in [5.74, 6) is 5.59. The van der Waals surface area contributed by atoms with Crippen LogP contribution in [0.3, 0.4) is 0 Å². The summed E-state index contributed by atoms with van der Waals surface area (Å²) in [5.41, 5.74) is 9.26. The highest BCUT2D eigenvalue weighted by atomic mass is 16.6. The number of ether oxygens (including phenoxy) is 1. The quantitative estimate of drug-likeness (QED) is 0.273. The minimum Gasteiger partial charge on any atom is -0.456 e. The molecular formula is C36H42N4O6. The monoisotopic (exact) mass is 626 g/mol. The Balaban J connectivity index is 1.07. The first kappa shape index (κ1) is 32.9. The Hall–Kier alpha value is -4.49. The maximum Gasteiger partial charge on any atom is 0.338 e. The van der Waals surface area contributed by atoms with E-state index in [1.54, 1.807) is 23.1 Å². The van der Waals surface area contributed by atoms with Gasteiger partial charge < -0.3 is 20.3 Å². The SMILES string of the molecule is CC(C)(C)OC(=O)c1ccc(C[C@H](N)C(=O)N2CCC(CCC#Cc3cccc4c3CN(C3CCC(=O)NC3=O)C4=O)CC2)cc1. The molecule has 0 bridgehead atoms. The number of fused-ring (bicyclic) bond motifs is 1. The molecule has 46 heavy (non-hydrogen) atoms. The highest BCUT2D eigenvalue weighted by Crippen LogP contribution is 2.30. The molecule has 0 spiro atoms. The van der Waals surface area contributed by atoms with Crippen LogP contribution in [0.4, 0.5) is 0 Å². The molecule has 0 radical (unpaired) electrons. The summed E-state index contributed by atoms with van der Waals surface area (Å²) in [7, 11) is 0. The van der Waals surface area contributed by atoms with Gasteiger partial charge in [0, 0.05) is 43.6 Å². The number of nitrogens with two attached hydrogens (primary N) is 1. The number of carbonyl (C=O) groups excluding carboxylic acids is 5. The molecule has 2 saturated heterocycles. The van der Waals surface area contributed by atoms with E-state index in [9.17, 15) is 24.0 Å². The fourth-order valence-electron chi connectivity index (χ4n) is 6.27. The van der Waals surface area contributed by atoms with Crippen LogP contribution in [0.15, 0.2) is 42.5 Å². The molecule has 0 aromatic heterocycles. The number of benzene rings is 2. The molecule has 2 aromatic carbocycles. The lowest BCUT2D eigenvalue weighted by atomic mass is 9.91. The molecule has 3 N–H and O–H groups in total. The molecule has 1 unspecified atom stereocenters. The zero-order valence-corrected chi connectivity index (χ0v) is 26.8. The average molecular weight is 627 g/mol. The van der Waals surface area contributed by atoms with Crippen LogP contribution in [-0.2, 0) is 32.1 Å². The van der Waals surface area contributed by atoms with Crippen molar-refractivity contribution >= 4 is 29.6 Å². The van der Waals surface area contributed by atoms with Gasteiger partial charge in [0.15, 0.2) is 0 Å². The van der Waals surface area contributed by atoms with Crippen molar-refractivity contribution in [1.29, 1.82) is 0 Å². The third kappa shape index (κ3) is 7.83. The van der Waals surface area contributed by atoms with E-state index in [2.05, 4.69) is 17.2 Å². The second-order valence-corrected chi connectivity index (χ2v) is 13.4. The molecule has 10 heteroatoms. The van der Waals surface area contributed by atoms with Crippen molar-refractivity contribution in [2.24, 2.45) is 11.7 Å². The molecule has 242 valence electrons. The highest BCUT2D eigenvalue weighted by molar-refractivity contribution is 6.05. The molecule has 5 rings (SSSR count). The summed E-state index contributed by atoms with van der Waals surface area (Å²) < 4.78 is 5.41. The molecule has 2 fully saturated rings. The first-order valence-corrected chi connectivity index (χ1v) is 16.0. The molecule has 3 heterocycles. The van der Waals surface area contributed by atoms with E-state index in [0.29, 0.717) is 55.9 Å². The third-order valence-electron chi connectivity index (χ3n) is 8.77. The summed E-state index contributed by atoms with van der Waals surface area (Å²) in [6, 6.07) is 11.2. The van der Waals surface area contributed by atoms with Crippen molar-refractivity contribution in [1.82, 2.24) is 15.1 Å². The molecule has 2 atom stereocenters. The number of nitrogens with zero attached hydrogens (tertiary/aromatic N) is 2. The predicted octanol–water partition coefficient (Wildman–Crippen LogP) is 3.34. The van der Waals surface area contributed by atoms with Crippen LogP contribution in [0.25, 0.3) is 0 Å². The van der Waals surface area contributed by atoms with Crippen LogP contribution in [0.1, 0.15) is 96.7 Å². The van der Waals surface area contributed by atoms with Crippen LogP contribution >= 0.6 is 0 Å². The Morgan fingerprint density at radius 2 is 1.76 bits per heavy atom. The Morgan fingerprint density at radius 3 is 2.43 bits per heavy atom. The third-order valence-corrected chi connectivity index (χ3v) is 8.77. The van der Waals surface area contributed by atoms with Crippen molar-refractivity contribution in [3.8, 4) is 11.8 Å². The summed E-state index contributed by atoms with van der Waals surface area (Å²) in [5, 5.41) is 2.33. The maximum absolute atomic E-state index is 13.1. The number of esters is 1. The van der Waals surface area contributed by atoms with E-state index < -0.39 is 23.6 Å². The van der Waals surface area contributed by atoms with E-state index in [0.717, 1.165) is 36.0 Å². The smallest absolute Gasteiger partial charge is 0.338 e. The lowest BCUT2D eigenvalue weighted by Gasteiger charge is -2.33. The van der Waals surface area contributed by atoms with Gasteiger partial charge in [-0.15, -0.1) is 0 Å². The van der Waals surface area contributed by atoms with Crippen molar-refractivity contribution < 1.29 is 28.7 Å². The number of hydrogen-bond acceptors (Lipinski definition) is 7. The molecular weight excluding hydrogens is 584 g/mol. The van der Waals surface area contributed by atoms with Crippen molar-refractivity contribution in [3.05, 3.63) is 70.3 Å². The number of likely N-dealkylation sites (tertiary alicyclic amines) is 1. The number of hydrogen-bond donors (Lipinski definition) is 2. The minimum absolute atomic E-state index is 0.0618. The predicted molar refractivity (Wildman–Crippen MR) is 171 cm³/mol. The second-order valence-electron chi connectivity index (χ2n) is 13.4. The number of nitrogens with one attached hydrogen (secondary N) is 1. The Bertz CT molecular complexity index is 1570. The van der Waals surface area contributed by atoms with Crippen molar-refractivity contribution in [2.75, 3.05) is 13.1 Å². The van der Waals surface area contributed by atoms with Crippen LogP contribution in [-0.4, -0.2) is 70.2 Å². The molecule has 10 nitrogen and oxygen atoms in total. The molecule has 2 aromatic rings. The fraction of sp³-hybridized carbons (Fsp3) is 0.472. The van der Waals surface area contributed by atoms with Crippen LogP contribution < -0.4 is 11.1 Å². The van der Waals surface area contributed by atoms with Gasteiger partial charge in [0.1, 0.15) is 11.6 Å². The molecule has 3 aliphatic heterocycles. The second kappa shape index (κ2) is 13.9. The summed E-state index contributed by atoms with van der Waals surface area (Å²) in [6.07, 6.45) is 4.33. The van der Waals surface area contributed by atoms with Gasteiger partial charge in [-0.1, -0.05) is 30.0 Å². The number of piperidine rings is 2. The molecule has 0 saturated carbocycles. The van der Waals surface area contributed by atoms with E-state index in [4.69, 9.17) is 10.5 Å². The zero-order valence-electron chi connectivity index (χ0n) is 26.8. The standard InChI is InChI=1S/C36H42N4O6/c1-36(2,3)46-35(45)26-13-11-24(12-14-26)21-29(37)34(44)39-19-17-23(18-20-39)7-4-5-8-25-9-6-10-27-28(25)22-40(33(27)43)30-15-16-31(41)38-32(30)42/h6,9-14,23,29-30H,4,7,15-22,37H2,1-3H3,(H,38,41,42)/t29-,30?/m0/s1. The fourth-order valence-corrected chi connectivity index (χ4v) is 6.27.